The molecule has 0 bridgehead atoms. The largest absolute Gasteiger partial charge is 0.325 e. The summed E-state index contributed by atoms with van der Waals surface area (Å²) in [6, 6.07) is 13.6. The van der Waals surface area contributed by atoms with E-state index in [1.54, 1.807) is 12.1 Å². The number of carbonyl (C=O) groups excluding carboxylic acids is 1. The topological polar surface area (TPSA) is 96.7 Å². The lowest BCUT2D eigenvalue weighted by molar-refractivity contribution is -0.113. The molecule has 8 nitrogen and oxygen atoms in total. The summed E-state index contributed by atoms with van der Waals surface area (Å²) in [5, 5.41) is 13.5. The maximum atomic E-state index is 12.5. The van der Waals surface area contributed by atoms with E-state index in [0.29, 0.717) is 21.5 Å². The fourth-order valence-electron chi connectivity index (χ4n) is 3.23. The second-order valence-electron chi connectivity index (χ2n) is 7.31. The summed E-state index contributed by atoms with van der Waals surface area (Å²) < 4.78 is 27.3. The van der Waals surface area contributed by atoms with Crippen LogP contribution in [0.3, 0.4) is 0 Å². The van der Waals surface area contributed by atoms with Crippen molar-refractivity contribution in [2.75, 3.05) is 25.2 Å². The van der Waals surface area contributed by atoms with Crippen molar-refractivity contribution in [3.05, 3.63) is 59.1 Å². The van der Waals surface area contributed by atoms with Crippen LogP contribution in [0.25, 0.3) is 16.6 Å². The normalized spacial score (nSPS) is 12.0. The molecule has 0 aliphatic rings. The number of aromatic nitrogens is 3. The fourth-order valence-corrected chi connectivity index (χ4v) is 5.06. The lowest BCUT2D eigenvalue weighted by Crippen LogP contribution is -2.22. The van der Waals surface area contributed by atoms with Crippen LogP contribution in [0.15, 0.2) is 58.6 Å². The van der Waals surface area contributed by atoms with Gasteiger partial charge in [0.25, 0.3) is 0 Å². The average molecular weight is 490 g/mol. The number of carbonyl (C=O) groups is 1. The van der Waals surface area contributed by atoms with Gasteiger partial charge in [-0.2, -0.15) is 0 Å². The van der Waals surface area contributed by atoms with Gasteiger partial charge in [-0.1, -0.05) is 23.4 Å². The van der Waals surface area contributed by atoms with Crippen LogP contribution in [0.2, 0.25) is 5.02 Å². The molecule has 0 aliphatic heterocycles. The zero-order valence-electron chi connectivity index (χ0n) is 17.5. The van der Waals surface area contributed by atoms with Gasteiger partial charge in [0.15, 0.2) is 10.8 Å². The van der Waals surface area contributed by atoms with E-state index in [1.807, 2.05) is 35.6 Å². The number of halogens is 1. The summed E-state index contributed by atoms with van der Waals surface area (Å²) in [5.41, 5.74) is 3.15. The first-order valence-electron chi connectivity index (χ1n) is 9.56. The molecule has 0 spiro atoms. The second kappa shape index (κ2) is 8.70. The number of pyridine rings is 1. The highest BCUT2D eigenvalue weighted by molar-refractivity contribution is 7.99. The van der Waals surface area contributed by atoms with Gasteiger partial charge in [0.1, 0.15) is 0 Å². The Labute approximate surface area is 194 Å². The Bertz CT molecular complexity index is 1430. The molecule has 1 N–H and O–H groups in total. The summed E-state index contributed by atoms with van der Waals surface area (Å²) in [4.78, 5) is 12.6. The quantitative estimate of drug-likeness (QED) is 0.413. The zero-order valence-corrected chi connectivity index (χ0v) is 19.9. The third kappa shape index (κ3) is 4.31. The van der Waals surface area contributed by atoms with Crippen molar-refractivity contribution in [2.45, 2.75) is 17.0 Å². The SMILES string of the molecule is Cc1cc2nnc(SCC(=O)Nc3ccc(S(=O)(=O)N(C)C)cc3)n2c2ccc(Cl)cc12. The maximum Gasteiger partial charge on any atom is 0.242 e. The van der Waals surface area contributed by atoms with E-state index in [2.05, 4.69) is 15.5 Å². The molecule has 2 heterocycles. The third-order valence-electron chi connectivity index (χ3n) is 4.88. The number of nitrogens with one attached hydrogen (secondary N) is 1. The molecule has 0 radical (unpaired) electrons. The Balaban J connectivity index is 1.50. The number of amides is 1. The molecule has 4 aromatic rings. The summed E-state index contributed by atoms with van der Waals surface area (Å²) in [6.07, 6.45) is 0. The van der Waals surface area contributed by atoms with Gasteiger partial charge < -0.3 is 5.32 Å². The van der Waals surface area contributed by atoms with Crippen molar-refractivity contribution in [2.24, 2.45) is 0 Å². The van der Waals surface area contributed by atoms with Gasteiger partial charge in [-0.3, -0.25) is 9.20 Å². The predicted octanol–water partition coefficient (Wildman–Crippen LogP) is 3.83. The van der Waals surface area contributed by atoms with Crippen LogP contribution in [-0.4, -0.2) is 53.1 Å². The van der Waals surface area contributed by atoms with E-state index in [1.165, 1.54) is 38.0 Å². The zero-order chi connectivity index (χ0) is 23.0. The first kappa shape index (κ1) is 22.5. The Morgan fingerprint density at radius 1 is 1.12 bits per heavy atom. The number of hydrogen-bond donors (Lipinski definition) is 1. The van der Waals surface area contributed by atoms with Gasteiger partial charge in [0.05, 0.1) is 16.2 Å². The van der Waals surface area contributed by atoms with Crippen LogP contribution < -0.4 is 5.32 Å². The molecule has 0 atom stereocenters. The number of rotatable bonds is 6. The van der Waals surface area contributed by atoms with E-state index < -0.39 is 10.0 Å². The van der Waals surface area contributed by atoms with E-state index in [0.717, 1.165) is 20.8 Å². The maximum absolute atomic E-state index is 12.5. The minimum absolute atomic E-state index is 0.113. The molecule has 0 unspecified atom stereocenters. The van der Waals surface area contributed by atoms with Crippen molar-refractivity contribution >= 4 is 61.5 Å². The van der Waals surface area contributed by atoms with E-state index >= 15 is 0 Å². The highest BCUT2D eigenvalue weighted by Gasteiger charge is 2.17. The minimum atomic E-state index is -3.52. The van der Waals surface area contributed by atoms with E-state index in [4.69, 9.17) is 11.6 Å². The van der Waals surface area contributed by atoms with Crippen molar-refractivity contribution in [1.29, 1.82) is 0 Å². The van der Waals surface area contributed by atoms with Gasteiger partial charge in [0.2, 0.25) is 15.9 Å². The van der Waals surface area contributed by atoms with Gasteiger partial charge in [-0.25, -0.2) is 12.7 Å². The van der Waals surface area contributed by atoms with Gasteiger partial charge in [-0.15, -0.1) is 10.2 Å². The molecule has 11 heteroatoms. The lowest BCUT2D eigenvalue weighted by atomic mass is 10.1. The summed E-state index contributed by atoms with van der Waals surface area (Å²) >= 11 is 7.41. The predicted molar refractivity (Wildman–Crippen MR) is 127 cm³/mol. The minimum Gasteiger partial charge on any atom is -0.325 e. The van der Waals surface area contributed by atoms with Crippen LogP contribution in [0.5, 0.6) is 0 Å². The Kier molecular flexibility index (Phi) is 6.13. The molecule has 2 aromatic carbocycles. The molecule has 1 amide bonds. The summed E-state index contributed by atoms with van der Waals surface area (Å²) in [5.74, 6) is -0.129. The molecule has 166 valence electrons. The first-order valence-corrected chi connectivity index (χ1v) is 12.4. The van der Waals surface area contributed by atoms with Gasteiger partial charge in [0, 0.05) is 30.2 Å². The Hall–Kier alpha value is -2.66. The monoisotopic (exact) mass is 489 g/mol. The van der Waals surface area contributed by atoms with E-state index in [-0.39, 0.29) is 16.6 Å². The van der Waals surface area contributed by atoms with E-state index in [9.17, 15) is 13.2 Å². The van der Waals surface area contributed by atoms with Crippen LogP contribution in [0.4, 0.5) is 5.69 Å². The molecular formula is C21H20ClN5O3S2. The van der Waals surface area contributed by atoms with Crippen LogP contribution in [0.1, 0.15) is 5.56 Å². The molecule has 0 saturated heterocycles. The van der Waals surface area contributed by atoms with Crippen molar-refractivity contribution in [1.82, 2.24) is 18.9 Å². The first-order chi connectivity index (χ1) is 15.2. The Morgan fingerprint density at radius 2 is 1.84 bits per heavy atom. The molecule has 0 saturated carbocycles. The molecular weight excluding hydrogens is 470 g/mol. The number of aryl methyl sites for hydroxylation is 1. The van der Waals surface area contributed by atoms with Crippen LogP contribution in [0, 0.1) is 6.92 Å². The number of hydrogen-bond acceptors (Lipinski definition) is 6. The van der Waals surface area contributed by atoms with Crippen molar-refractivity contribution < 1.29 is 13.2 Å². The number of anilines is 1. The summed E-state index contributed by atoms with van der Waals surface area (Å²) in [6.45, 7) is 1.99. The molecule has 2 aromatic heterocycles. The second-order valence-corrected chi connectivity index (χ2v) is 10.8. The number of nitrogens with zero attached hydrogens (tertiary/aromatic N) is 4. The molecule has 4 rings (SSSR count). The van der Waals surface area contributed by atoms with Crippen molar-refractivity contribution in [3.8, 4) is 0 Å². The molecule has 0 fully saturated rings. The average Bonchev–Trinajstić information content (AvgIpc) is 3.15. The summed E-state index contributed by atoms with van der Waals surface area (Å²) in [7, 11) is -0.581. The number of sulfonamides is 1. The van der Waals surface area contributed by atoms with Gasteiger partial charge >= 0.3 is 0 Å². The highest BCUT2D eigenvalue weighted by atomic mass is 35.5. The highest BCUT2D eigenvalue weighted by Crippen LogP contribution is 2.28. The standard InChI is InChI=1S/C21H20ClN5O3S2/c1-13-10-19-24-25-21(27(19)18-9-4-14(22)11-17(13)18)31-12-20(28)23-15-5-7-16(8-6-15)32(29,30)26(2)3/h4-11H,12H2,1-3H3,(H,23,28). The number of benzene rings is 2. The number of thioether (sulfide) groups is 1. The van der Waals surface area contributed by atoms with Crippen molar-refractivity contribution in [3.63, 3.8) is 0 Å². The molecule has 0 aliphatic carbocycles. The van der Waals surface area contributed by atoms with Gasteiger partial charge in [-0.05, 0) is 61.0 Å². The van der Waals surface area contributed by atoms with Crippen LogP contribution in [-0.2, 0) is 14.8 Å². The smallest absolute Gasteiger partial charge is 0.242 e. The fraction of sp³-hybridized carbons (Fsp3) is 0.190. The van der Waals surface area contributed by atoms with Crippen LogP contribution >= 0.6 is 23.4 Å². The third-order valence-corrected chi connectivity index (χ3v) is 7.87. The molecule has 32 heavy (non-hydrogen) atoms. The number of fused-ring (bicyclic) bond motifs is 3. The lowest BCUT2D eigenvalue weighted by Gasteiger charge is -2.12. The Morgan fingerprint density at radius 3 is 2.53 bits per heavy atom.